The Kier molecular flexibility index (Phi) is 3.71. The smallest absolute Gasteiger partial charge is 0.257 e. The standard InChI is InChI=1S/C14H14ClN3O/c1-8-4-3-5-9(2)13(8)18-14(19)10-6-12(16)17-7-11(10)15/h3-7H,1-2H3,(H2,16,17)(H,18,19). The molecule has 1 aromatic heterocycles. The third-order valence-corrected chi connectivity index (χ3v) is 3.14. The zero-order chi connectivity index (χ0) is 14.0. The second kappa shape index (κ2) is 5.28. The van der Waals surface area contributed by atoms with Crippen molar-refractivity contribution < 1.29 is 4.79 Å². The number of rotatable bonds is 2. The van der Waals surface area contributed by atoms with Crippen molar-refractivity contribution in [1.82, 2.24) is 4.98 Å². The van der Waals surface area contributed by atoms with Gasteiger partial charge in [0.1, 0.15) is 5.82 Å². The quantitative estimate of drug-likeness (QED) is 0.884. The van der Waals surface area contributed by atoms with Crippen LogP contribution in [0.1, 0.15) is 21.5 Å². The molecule has 0 unspecified atom stereocenters. The highest BCUT2D eigenvalue weighted by atomic mass is 35.5. The molecular formula is C14H14ClN3O. The van der Waals surface area contributed by atoms with Gasteiger partial charge in [-0.1, -0.05) is 29.8 Å². The van der Waals surface area contributed by atoms with Crippen LogP contribution in [0.25, 0.3) is 0 Å². The molecule has 0 aliphatic heterocycles. The summed E-state index contributed by atoms with van der Waals surface area (Å²) in [6.45, 7) is 3.87. The van der Waals surface area contributed by atoms with E-state index in [1.165, 1.54) is 12.3 Å². The number of halogens is 1. The van der Waals surface area contributed by atoms with Crippen LogP contribution in [0.4, 0.5) is 11.5 Å². The van der Waals surface area contributed by atoms with Crippen LogP contribution in [0.5, 0.6) is 0 Å². The second-order valence-corrected chi connectivity index (χ2v) is 4.72. The van der Waals surface area contributed by atoms with E-state index in [4.69, 9.17) is 17.3 Å². The van der Waals surface area contributed by atoms with Crippen LogP contribution in [0, 0.1) is 13.8 Å². The maximum Gasteiger partial charge on any atom is 0.257 e. The predicted molar refractivity (Wildman–Crippen MR) is 77.5 cm³/mol. The number of hydrogen-bond acceptors (Lipinski definition) is 3. The molecule has 3 N–H and O–H groups in total. The van der Waals surface area contributed by atoms with E-state index in [0.29, 0.717) is 5.56 Å². The predicted octanol–water partition coefficient (Wildman–Crippen LogP) is 3.19. The van der Waals surface area contributed by atoms with Gasteiger partial charge in [0.15, 0.2) is 0 Å². The lowest BCUT2D eigenvalue weighted by atomic mass is 10.1. The molecule has 0 radical (unpaired) electrons. The number of pyridine rings is 1. The van der Waals surface area contributed by atoms with Crippen molar-refractivity contribution in [3.05, 3.63) is 52.2 Å². The number of aromatic nitrogens is 1. The SMILES string of the molecule is Cc1cccc(C)c1NC(=O)c1cc(N)ncc1Cl. The van der Waals surface area contributed by atoms with Gasteiger partial charge < -0.3 is 11.1 Å². The molecule has 2 rings (SSSR count). The molecule has 1 amide bonds. The molecule has 0 aliphatic rings. The summed E-state index contributed by atoms with van der Waals surface area (Å²) in [7, 11) is 0. The van der Waals surface area contributed by atoms with E-state index < -0.39 is 0 Å². The molecule has 0 saturated heterocycles. The van der Waals surface area contributed by atoms with Gasteiger partial charge in [-0.05, 0) is 31.0 Å². The van der Waals surface area contributed by atoms with E-state index in [0.717, 1.165) is 16.8 Å². The molecule has 0 aliphatic carbocycles. The van der Waals surface area contributed by atoms with Crippen LogP contribution < -0.4 is 11.1 Å². The Morgan fingerprint density at radius 1 is 1.32 bits per heavy atom. The molecule has 98 valence electrons. The number of anilines is 2. The van der Waals surface area contributed by atoms with Gasteiger partial charge >= 0.3 is 0 Å². The van der Waals surface area contributed by atoms with Gasteiger partial charge in [0.25, 0.3) is 5.91 Å². The maximum absolute atomic E-state index is 12.2. The van der Waals surface area contributed by atoms with E-state index in [9.17, 15) is 4.79 Å². The van der Waals surface area contributed by atoms with Crippen LogP contribution in [-0.4, -0.2) is 10.9 Å². The van der Waals surface area contributed by atoms with Crippen molar-refractivity contribution in [2.75, 3.05) is 11.1 Å². The van der Waals surface area contributed by atoms with Crippen molar-refractivity contribution in [3.63, 3.8) is 0 Å². The first-order chi connectivity index (χ1) is 8.99. The van der Waals surface area contributed by atoms with Crippen molar-refractivity contribution in [2.45, 2.75) is 13.8 Å². The Hall–Kier alpha value is -2.07. The van der Waals surface area contributed by atoms with Gasteiger partial charge in [-0.3, -0.25) is 4.79 Å². The number of carbonyl (C=O) groups excluding carboxylic acids is 1. The van der Waals surface area contributed by atoms with Gasteiger partial charge in [-0.25, -0.2) is 4.98 Å². The average molecular weight is 276 g/mol. The van der Waals surface area contributed by atoms with Crippen LogP contribution in [0.2, 0.25) is 5.02 Å². The van der Waals surface area contributed by atoms with Crippen molar-refractivity contribution >= 4 is 29.0 Å². The average Bonchev–Trinajstić information content (AvgIpc) is 2.37. The number of benzene rings is 1. The number of nitrogens with one attached hydrogen (secondary N) is 1. The first-order valence-corrected chi connectivity index (χ1v) is 6.15. The Morgan fingerprint density at radius 2 is 1.95 bits per heavy atom. The summed E-state index contributed by atoms with van der Waals surface area (Å²) >= 11 is 5.96. The fraction of sp³-hybridized carbons (Fsp3) is 0.143. The van der Waals surface area contributed by atoms with E-state index >= 15 is 0 Å². The first kappa shape index (κ1) is 13.4. The van der Waals surface area contributed by atoms with Crippen LogP contribution in [0.3, 0.4) is 0 Å². The third kappa shape index (κ3) is 2.85. The largest absolute Gasteiger partial charge is 0.384 e. The molecule has 1 aromatic carbocycles. The summed E-state index contributed by atoms with van der Waals surface area (Å²) in [5.41, 5.74) is 8.66. The van der Waals surface area contributed by atoms with E-state index in [1.54, 1.807) is 0 Å². The van der Waals surface area contributed by atoms with E-state index in [2.05, 4.69) is 10.3 Å². The molecule has 4 nitrogen and oxygen atoms in total. The molecule has 0 spiro atoms. The molecule has 1 heterocycles. The van der Waals surface area contributed by atoms with Gasteiger partial charge in [-0.15, -0.1) is 0 Å². The van der Waals surface area contributed by atoms with Gasteiger partial charge in [0.2, 0.25) is 0 Å². The maximum atomic E-state index is 12.2. The summed E-state index contributed by atoms with van der Waals surface area (Å²) in [4.78, 5) is 16.0. The Bertz CT molecular complexity index is 620. The van der Waals surface area contributed by atoms with E-state index in [-0.39, 0.29) is 16.7 Å². The summed E-state index contributed by atoms with van der Waals surface area (Å²) < 4.78 is 0. The number of nitrogen functional groups attached to an aromatic ring is 1. The fourth-order valence-electron chi connectivity index (χ4n) is 1.82. The van der Waals surface area contributed by atoms with Gasteiger partial charge in [0, 0.05) is 11.9 Å². The number of amides is 1. The fourth-order valence-corrected chi connectivity index (χ4v) is 2.01. The first-order valence-electron chi connectivity index (χ1n) is 5.77. The third-order valence-electron chi connectivity index (χ3n) is 2.84. The van der Waals surface area contributed by atoms with Crippen molar-refractivity contribution in [2.24, 2.45) is 0 Å². The minimum atomic E-state index is -0.295. The molecule has 2 aromatic rings. The summed E-state index contributed by atoms with van der Waals surface area (Å²) in [6.07, 6.45) is 1.37. The zero-order valence-electron chi connectivity index (χ0n) is 10.7. The van der Waals surface area contributed by atoms with Crippen LogP contribution >= 0.6 is 11.6 Å². The van der Waals surface area contributed by atoms with Gasteiger partial charge in [-0.2, -0.15) is 0 Å². The van der Waals surface area contributed by atoms with Gasteiger partial charge in [0.05, 0.1) is 10.6 Å². The molecule has 0 fully saturated rings. The Balaban J connectivity index is 2.34. The highest BCUT2D eigenvalue weighted by Gasteiger charge is 2.13. The summed E-state index contributed by atoms with van der Waals surface area (Å²) in [6, 6.07) is 7.28. The highest BCUT2D eigenvalue weighted by molar-refractivity contribution is 6.34. The molecular weight excluding hydrogens is 262 g/mol. The number of nitrogens with two attached hydrogens (primary N) is 1. The number of para-hydroxylation sites is 1. The normalized spacial score (nSPS) is 10.3. The van der Waals surface area contributed by atoms with Crippen LogP contribution in [0.15, 0.2) is 30.5 Å². The lowest BCUT2D eigenvalue weighted by Crippen LogP contribution is -2.15. The minimum Gasteiger partial charge on any atom is -0.384 e. The summed E-state index contributed by atoms with van der Waals surface area (Å²) in [5, 5.41) is 3.13. The Labute approximate surface area is 116 Å². The molecule has 19 heavy (non-hydrogen) atoms. The van der Waals surface area contributed by atoms with Crippen molar-refractivity contribution in [3.8, 4) is 0 Å². The number of hydrogen-bond donors (Lipinski definition) is 2. The number of aryl methyl sites for hydroxylation is 2. The summed E-state index contributed by atoms with van der Waals surface area (Å²) in [5.74, 6) is -0.0347. The van der Waals surface area contributed by atoms with Crippen LogP contribution in [-0.2, 0) is 0 Å². The monoisotopic (exact) mass is 275 g/mol. The molecule has 0 atom stereocenters. The molecule has 0 saturated carbocycles. The van der Waals surface area contributed by atoms with Crippen molar-refractivity contribution in [1.29, 1.82) is 0 Å². The molecule has 5 heteroatoms. The number of nitrogens with zero attached hydrogens (tertiary/aromatic N) is 1. The lowest BCUT2D eigenvalue weighted by Gasteiger charge is -2.12. The molecule has 0 bridgehead atoms. The lowest BCUT2D eigenvalue weighted by molar-refractivity contribution is 0.102. The Morgan fingerprint density at radius 3 is 2.58 bits per heavy atom. The minimum absolute atomic E-state index is 0.260. The number of carbonyl (C=O) groups is 1. The highest BCUT2D eigenvalue weighted by Crippen LogP contribution is 2.22. The zero-order valence-corrected chi connectivity index (χ0v) is 11.5. The second-order valence-electron chi connectivity index (χ2n) is 4.31. The topological polar surface area (TPSA) is 68.0 Å². The van der Waals surface area contributed by atoms with E-state index in [1.807, 2.05) is 32.0 Å².